The van der Waals surface area contributed by atoms with Crippen LogP contribution in [0.15, 0.2) is 5.16 Å². The van der Waals surface area contributed by atoms with Gasteiger partial charge in [0.05, 0.1) is 6.61 Å². The van der Waals surface area contributed by atoms with Crippen LogP contribution in [-0.2, 0) is 14.3 Å². The zero-order chi connectivity index (χ0) is 15.9. The number of amides is 1. The molecule has 1 fully saturated rings. The van der Waals surface area contributed by atoms with E-state index in [0.29, 0.717) is 0 Å². The lowest BCUT2D eigenvalue weighted by atomic mass is 9.78. The van der Waals surface area contributed by atoms with E-state index in [-0.39, 0.29) is 45.0 Å². The van der Waals surface area contributed by atoms with Crippen molar-refractivity contribution < 1.29 is 32.6 Å². The van der Waals surface area contributed by atoms with Crippen molar-refractivity contribution in [3.05, 3.63) is 0 Å². The number of nitrogens with zero attached hydrogens (tertiary/aromatic N) is 1. The van der Waals surface area contributed by atoms with Crippen LogP contribution in [0.5, 0.6) is 0 Å². The molecule has 122 valence electrons. The number of hydrogen-bond donors (Lipinski definition) is 3. The van der Waals surface area contributed by atoms with Gasteiger partial charge in [-0.3, -0.25) is 4.79 Å². The molecular weight excluding hydrogens is 295 g/mol. The van der Waals surface area contributed by atoms with Crippen LogP contribution in [0.2, 0.25) is 0 Å². The zero-order valence-electron chi connectivity index (χ0n) is 11.3. The van der Waals surface area contributed by atoms with Crippen molar-refractivity contribution in [2.75, 3.05) is 33.0 Å². The topological polar surface area (TPSA) is 106 Å². The maximum Gasteiger partial charge on any atom is 0.411 e. The number of ether oxygens (including phenoxy) is 2. The number of carbonyl (C=O) groups is 1. The summed E-state index contributed by atoms with van der Waals surface area (Å²) in [5.41, 5.74) is 4.38. The van der Waals surface area contributed by atoms with Crippen molar-refractivity contribution in [2.24, 2.45) is 16.3 Å². The smallest absolute Gasteiger partial charge is 0.409 e. The second-order valence-corrected chi connectivity index (χ2v) is 4.60. The highest BCUT2D eigenvalue weighted by atomic mass is 19.4. The molecule has 1 amide bonds. The first-order chi connectivity index (χ1) is 9.82. The van der Waals surface area contributed by atoms with Crippen LogP contribution in [0.4, 0.5) is 13.2 Å². The van der Waals surface area contributed by atoms with Gasteiger partial charge in [0.2, 0.25) is 5.91 Å². The second-order valence-electron chi connectivity index (χ2n) is 4.60. The van der Waals surface area contributed by atoms with Gasteiger partial charge in [0.25, 0.3) is 0 Å². The Kier molecular flexibility index (Phi) is 6.21. The predicted octanol–water partition coefficient (Wildman–Crippen LogP) is 0.225. The normalized spacial score (nSPS) is 19.3. The number of halogens is 3. The third kappa shape index (κ3) is 5.05. The quantitative estimate of drug-likeness (QED) is 0.214. The van der Waals surface area contributed by atoms with Crippen LogP contribution in [0.3, 0.4) is 0 Å². The molecule has 10 heteroatoms. The van der Waals surface area contributed by atoms with Crippen LogP contribution in [0.25, 0.3) is 0 Å². The van der Waals surface area contributed by atoms with Gasteiger partial charge in [0.1, 0.15) is 12.0 Å². The highest BCUT2D eigenvalue weighted by Gasteiger charge is 2.44. The minimum Gasteiger partial charge on any atom is -0.409 e. The fourth-order valence-corrected chi connectivity index (χ4v) is 2.01. The lowest BCUT2D eigenvalue weighted by Gasteiger charge is -2.34. The number of nitrogens with two attached hydrogens (primary N) is 1. The molecule has 0 aliphatic carbocycles. The Bertz CT molecular complexity index is 381. The van der Waals surface area contributed by atoms with Crippen LogP contribution < -0.4 is 11.1 Å². The second kappa shape index (κ2) is 7.46. The molecule has 7 nitrogen and oxygen atoms in total. The van der Waals surface area contributed by atoms with Gasteiger partial charge in [-0.15, -0.1) is 0 Å². The van der Waals surface area contributed by atoms with Gasteiger partial charge in [-0.2, -0.15) is 13.2 Å². The SMILES string of the molecule is NC(=NO)C1(C(=O)NCCOCC(F)(F)F)CCOCC1. The molecule has 0 aromatic rings. The molecule has 21 heavy (non-hydrogen) atoms. The summed E-state index contributed by atoms with van der Waals surface area (Å²) in [6.45, 7) is -1.21. The Morgan fingerprint density at radius 3 is 2.57 bits per heavy atom. The maximum atomic E-state index is 12.2. The Balaban J connectivity index is 2.47. The van der Waals surface area contributed by atoms with Gasteiger partial charge in [-0.1, -0.05) is 5.16 Å². The van der Waals surface area contributed by atoms with Crippen LogP contribution in [0, 0.1) is 5.41 Å². The number of hydrogen-bond acceptors (Lipinski definition) is 5. The molecule has 1 heterocycles. The fraction of sp³-hybridized carbons (Fsp3) is 0.818. The fourth-order valence-electron chi connectivity index (χ4n) is 2.01. The van der Waals surface area contributed by atoms with E-state index in [1.54, 1.807) is 0 Å². The van der Waals surface area contributed by atoms with E-state index in [1.807, 2.05) is 0 Å². The Morgan fingerprint density at radius 2 is 2.05 bits per heavy atom. The molecule has 1 rings (SSSR count). The molecule has 0 unspecified atom stereocenters. The molecule has 0 radical (unpaired) electrons. The molecule has 1 aliphatic rings. The molecule has 1 saturated heterocycles. The van der Waals surface area contributed by atoms with Crippen molar-refractivity contribution in [1.82, 2.24) is 5.32 Å². The van der Waals surface area contributed by atoms with Crippen LogP contribution in [-0.4, -0.2) is 56.1 Å². The Morgan fingerprint density at radius 1 is 1.43 bits per heavy atom. The Hall–Kier alpha value is -1.55. The lowest BCUT2D eigenvalue weighted by Crippen LogP contribution is -2.53. The lowest BCUT2D eigenvalue weighted by molar-refractivity contribution is -0.173. The van der Waals surface area contributed by atoms with E-state index >= 15 is 0 Å². The molecule has 0 atom stereocenters. The van der Waals surface area contributed by atoms with Crippen molar-refractivity contribution in [1.29, 1.82) is 0 Å². The van der Waals surface area contributed by atoms with Gasteiger partial charge >= 0.3 is 6.18 Å². The average molecular weight is 313 g/mol. The highest BCUT2D eigenvalue weighted by Crippen LogP contribution is 2.31. The van der Waals surface area contributed by atoms with Gasteiger partial charge in [-0.25, -0.2) is 0 Å². The molecule has 0 saturated carbocycles. The van der Waals surface area contributed by atoms with E-state index in [1.165, 1.54) is 0 Å². The zero-order valence-corrected chi connectivity index (χ0v) is 11.3. The van der Waals surface area contributed by atoms with Crippen LogP contribution in [0.1, 0.15) is 12.8 Å². The number of carbonyl (C=O) groups excluding carboxylic acids is 1. The summed E-state index contributed by atoms with van der Waals surface area (Å²) in [6, 6.07) is 0. The van der Waals surface area contributed by atoms with E-state index in [0.717, 1.165) is 0 Å². The van der Waals surface area contributed by atoms with E-state index in [9.17, 15) is 18.0 Å². The van der Waals surface area contributed by atoms with Crippen molar-refractivity contribution in [3.8, 4) is 0 Å². The molecule has 0 spiro atoms. The van der Waals surface area contributed by atoms with Gasteiger partial charge in [0.15, 0.2) is 5.84 Å². The van der Waals surface area contributed by atoms with Crippen molar-refractivity contribution in [3.63, 3.8) is 0 Å². The molecular formula is C11H18F3N3O4. The molecule has 0 aromatic heterocycles. The third-order valence-corrected chi connectivity index (χ3v) is 3.18. The summed E-state index contributed by atoms with van der Waals surface area (Å²) < 4.78 is 45.1. The first-order valence-electron chi connectivity index (χ1n) is 6.30. The monoisotopic (exact) mass is 313 g/mol. The molecule has 1 aliphatic heterocycles. The summed E-state index contributed by atoms with van der Waals surface area (Å²) in [6.07, 6.45) is -3.93. The number of alkyl halides is 3. The van der Waals surface area contributed by atoms with Gasteiger partial charge in [-0.05, 0) is 12.8 Å². The van der Waals surface area contributed by atoms with Gasteiger partial charge < -0.3 is 25.7 Å². The number of oxime groups is 1. The molecule has 0 bridgehead atoms. The predicted molar refractivity (Wildman–Crippen MR) is 65.8 cm³/mol. The van der Waals surface area contributed by atoms with E-state index in [4.69, 9.17) is 15.7 Å². The molecule has 0 aromatic carbocycles. The van der Waals surface area contributed by atoms with Crippen molar-refractivity contribution >= 4 is 11.7 Å². The summed E-state index contributed by atoms with van der Waals surface area (Å²) in [4.78, 5) is 12.2. The third-order valence-electron chi connectivity index (χ3n) is 3.18. The number of amidine groups is 1. The minimum atomic E-state index is -4.40. The minimum absolute atomic E-state index is 0.101. The number of nitrogens with one attached hydrogen (secondary N) is 1. The summed E-state index contributed by atoms with van der Waals surface area (Å²) in [5, 5.41) is 14.1. The van der Waals surface area contributed by atoms with Crippen LogP contribution >= 0.6 is 0 Å². The summed E-state index contributed by atoms with van der Waals surface area (Å²) in [7, 11) is 0. The largest absolute Gasteiger partial charge is 0.411 e. The van der Waals surface area contributed by atoms with E-state index < -0.39 is 24.1 Å². The van der Waals surface area contributed by atoms with E-state index in [2.05, 4.69) is 15.2 Å². The maximum absolute atomic E-state index is 12.2. The first kappa shape index (κ1) is 17.5. The Labute approximate surface area is 119 Å². The first-order valence-corrected chi connectivity index (χ1v) is 6.30. The van der Waals surface area contributed by atoms with Gasteiger partial charge in [0, 0.05) is 19.8 Å². The standard InChI is InChI=1S/C11H18F3N3O4/c12-11(13,14)7-21-6-3-16-9(18)10(8(15)17-19)1-4-20-5-2-10/h19H,1-7H2,(H2,15,17)(H,16,18). The summed E-state index contributed by atoms with van der Waals surface area (Å²) >= 11 is 0. The number of rotatable bonds is 6. The average Bonchev–Trinajstić information content (AvgIpc) is 2.45. The molecule has 4 N–H and O–H groups in total. The van der Waals surface area contributed by atoms with Crippen molar-refractivity contribution in [2.45, 2.75) is 19.0 Å². The highest BCUT2D eigenvalue weighted by molar-refractivity contribution is 6.06. The summed E-state index contributed by atoms with van der Waals surface area (Å²) in [5.74, 6) is -0.754.